The summed E-state index contributed by atoms with van der Waals surface area (Å²) >= 11 is 0. The molecule has 0 aromatic rings. The van der Waals surface area contributed by atoms with Gasteiger partial charge in [-0.25, -0.2) is 0 Å². The van der Waals surface area contributed by atoms with Gasteiger partial charge in [-0.3, -0.25) is 0 Å². The molecule has 0 aliphatic heterocycles. The predicted molar refractivity (Wildman–Crippen MR) is 93.0 cm³/mol. The Morgan fingerprint density at radius 1 is 0.524 bits per heavy atom. The zero-order chi connectivity index (χ0) is 16.2. The molecule has 0 saturated carbocycles. The highest BCUT2D eigenvalue weighted by atomic mass is 28.4. The maximum Gasteiger partial charge on any atom is 0.340 e. The lowest BCUT2D eigenvalue weighted by atomic mass is 10.6. The van der Waals surface area contributed by atoms with Crippen LogP contribution in [0, 0.1) is 0 Å². The van der Waals surface area contributed by atoms with E-state index in [1.807, 2.05) is 0 Å². The van der Waals surface area contributed by atoms with Crippen molar-refractivity contribution in [2.24, 2.45) is 0 Å². The van der Waals surface area contributed by atoms with Crippen LogP contribution in [0.25, 0.3) is 0 Å². The van der Waals surface area contributed by atoms with Crippen LogP contribution in [-0.4, -0.2) is 43.5 Å². The largest absolute Gasteiger partial charge is 0.395 e. The maximum atomic E-state index is 6.20. The fourth-order valence-electron chi connectivity index (χ4n) is 2.98. The molecule has 0 radical (unpaired) electrons. The zero-order valence-electron chi connectivity index (χ0n) is 15.0. The van der Waals surface area contributed by atoms with Gasteiger partial charge < -0.3 is 17.7 Å². The second kappa shape index (κ2) is 11.8. The minimum Gasteiger partial charge on any atom is -0.395 e. The van der Waals surface area contributed by atoms with Crippen molar-refractivity contribution in [1.29, 1.82) is 0 Å². The van der Waals surface area contributed by atoms with Crippen molar-refractivity contribution in [3.63, 3.8) is 0 Å². The minimum atomic E-state index is -2.23. The molecule has 0 aromatic heterocycles. The molecule has 0 N–H and O–H groups in total. The molecule has 0 bridgehead atoms. The second-order valence-corrected chi connectivity index (χ2v) is 12.4. The molecule has 21 heavy (non-hydrogen) atoms. The summed E-state index contributed by atoms with van der Waals surface area (Å²) in [6.45, 7) is 15.5. The number of hydrogen-bond donors (Lipinski definition) is 0. The summed E-state index contributed by atoms with van der Waals surface area (Å²) < 4.78 is 24.8. The van der Waals surface area contributed by atoms with Crippen molar-refractivity contribution in [3.8, 4) is 0 Å². The van der Waals surface area contributed by atoms with Gasteiger partial charge >= 0.3 is 17.1 Å². The summed E-state index contributed by atoms with van der Waals surface area (Å²) in [5.41, 5.74) is 0.894. The molecule has 0 unspecified atom stereocenters. The van der Waals surface area contributed by atoms with Crippen molar-refractivity contribution in [3.05, 3.63) is 0 Å². The minimum absolute atomic E-state index is 0.709. The van der Waals surface area contributed by atoms with Gasteiger partial charge in [0.1, 0.15) is 0 Å². The fourth-order valence-corrected chi connectivity index (χ4v) is 13.7. The third-order valence-electron chi connectivity index (χ3n) is 3.43. The van der Waals surface area contributed by atoms with Crippen LogP contribution < -0.4 is 0 Å². The van der Waals surface area contributed by atoms with Gasteiger partial charge in [0.05, 0.1) is 0 Å². The molecule has 4 nitrogen and oxygen atoms in total. The lowest BCUT2D eigenvalue weighted by Gasteiger charge is -2.38. The van der Waals surface area contributed by atoms with E-state index >= 15 is 0 Å². The van der Waals surface area contributed by atoms with E-state index in [-0.39, 0.29) is 0 Å². The topological polar surface area (TPSA) is 36.9 Å². The lowest BCUT2D eigenvalue weighted by Crippen LogP contribution is -2.55. The van der Waals surface area contributed by atoms with Crippen molar-refractivity contribution < 1.29 is 17.7 Å². The second-order valence-electron chi connectivity index (χ2n) is 5.23. The van der Waals surface area contributed by atoms with Gasteiger partial charge in [-0.2, -0.15) is 0 Å². The fraction of sp³-hybridized carbons (Fsp3) is 1.00. The van der Waals surface area contributed by atoms with Crippen LogP contribution in [0.5, 0.6) is 0 Å². The van der Waals surface area contributed by atoms with Crippen molar-refractivity contribution in [2.75, 3.05) is 26.4 Å². The normalized spacial score (nSPS) is 12.9. The first kappa shape index (κ1) is 21.3. The Bertz CT molecular complexity index is 194. The van der Waals surface area contributed by atoms with Gasteiger partial charge in [0, 0.05) is 32.1 Å². The Morgan fingerprint density at radius 2 is 0.810 bits per heavy atom. The zero-order valence-corrected chi connectivity index (χ0v) is 17.0. The molecule has 0 rings (SSSR count). The quantitative estimate of drug-likeness (QED) is 0.441. The lowest BCUT2D eigenvalue weighted by molar-refractivity contribution is 0.161. The first-order valence-corrected chi connectivity index (χ1v) is 13.1. The van der Waals surface area contributed by atoms with E-state index in [1.54, 1.807) is 0 Å². The summed E-state index contributed by atoms with van der Waals surface area (Å²) in [7, 11) is -4.46. The Kier molecular flexibility index (Phi) is 11.9. The first-order chi connectivity index (χ1) is 10.1. The molecule has 0 atom stereocenters. The number of hydrogen-bond acceptors (Lipinski definition) is 4. The highest BCUT2D eigenvalue weighted by molar-refractivity contribution is 6.86. The van der Waals surface area contributed by atoms with Crippen LogP contribution in [0.3, 0.4) is 0 Å². The predicted octanol–water partition coefficient (Wildman–Crippen LogP) is 4.38. The highest BCUT2D eigenvalue weighted by Gasteiger charge is 2.49. The van der Waals surface area contributed by atoms with Crippen molar-refractivity contribution in [1.82, 2.24) is 0 Å². The van der Waals surface area contributed by atoms with Crippen LogP contribution >= 0.6 is 0 Å². The molecule has 0 aromatic carbocycles. The molecule has 128 valence electrons. The molecule has 0 aliphatic rings. The summed E-state index contributed by atoms with van der Waals surface area (Å²) in [5.74, 6) is 0. The van der Waals surface area contributed by atoms with E-state index in [1.165, 1.54) is 0 Å². The van der Waals surface area contributed by atoms with E-state index in [2.05, 4.69) is 41.5 Å². The average Bonchev–Trinajstić information content (AvgIpc) is 2.40. The molecule has 0 fully saturated rings. The van der Waals surface area contributed by atoms with Crippen molar-refractivity contribution >= 4 is 17.1 Å². The van der Waals surface area contributed by atoms with E-state index in [0.717, 1.165) is 30.6 Å². The number of rotatable bonds is 14. The van der Waals surface area contributed by atoms with E-state index < -0.39 is 17.1 Å². The first-order valence-electron chi connectivity index (χ1n) is 8.63. The monoisotopic (exact) mass is 336 g/mol. The molecule has 0 amide bonds. The summed E-state index contributed by atoms with van der Waals surface area (Å²) in [6.07, 6.45) is 2.17. The third-order valence-corrected chi connectivity index (χ3v) is 13.5. The smallest absolute Gasteiger partial charge is 0.340 e. The molecule has 0 spiro atoms. The summed E-state index contributed by atoms with van der Waals surface area (Å²) in [5, 5.41) is 0. The Labute approximate surface area is 134 Å². The molecule has 0 aliphatic carbocycles. The van der Waals surface area contributed by atoms with Crippen molar-refractivity contribution in [2.45, 2.75) is 72.1 Å². The van der Waals surface area contributed by atoms with Gasteiger partial charge in [-0.15, -0.1) is 0 Å². The summed E-state index contributed by atoms with van der Waals surface area (Å²) in [6, 6.07) is 2.04. The Hall–Kier alpha value is 0.274. The molecule has 6 heteroatoms. The molecule has 0 heterocycles. The van der Waals surface area contributed by atoms with Crippen LogP contribution in [0.2, 0.25) is 17.8 Å². The van der Waals surface area contributed by atoms with Gasteiger partial charge in [0.15, 0.2) is 0 Å². The SMILES string of the molecule is CCC[Si](C[Si](CCC)(OCC)OCC)(OCC)OCC. The van der Waals surface area contributed by atoms with E-state index in [9.17, 15) is 0 Å². The third kappa shape index (κ3) is 7.39. The Balaban J connectivity index is 5.30. The maximum absolute atomic E-state index is 6.20. The van der Waals surface area contributed by atoms with E-state index in [4.69, 9.17) is 17.7 Å². The van der Waals surface area contributed by atoms with E-state index in [0.29, 0.717) is 26.4 Å². The summed E-state index contributed by atoms with van der Waals surface area (Å²) in [4.78, 5) is 0. The van der Waals surface area contributed by atoms with Crippen LogP contribution in [0.4, 0.5) is 0 Å². The Morgan fingerprint density at radius 3 is 1.00 bits per heavy atom. The molecule has 0 saturated heterocycles. The molecular weight excluding hydrogens is 300 g/mol. The van der Waals surface area contributed by atoms with Crippen LogP contribution in [-0.2, 0) is 17.7 Å². The van der Waals surface area contributed by atoms with Gasteiger partial charge in [-0.05, 0) is 39.8 Å². The standard InChI is InChI=1S/C15H36O4Si2/c1-7-13-20(16-9-3,17-10-4)15-21(14-8-2,18-11-5)19-12-6/h7-15H2,1-6H3. The molecular formula is C15H36O4Si2. The van der Waals surface area contributed by atoms with Gasteiger partial charge in [0.2, 0.25) is 0 Å². The van der Waals surface area contributed by atoms with Gasteiger partial charge in [0.25, 0.3) is 0 Å². The highest BCUT2D eigenvalue weighted by Crippen LogP contribution is 2.32. The van der Waals surface area contributed by atoms with Crippen LogP contribution in [0.15, 0.2) is 0 Å². The van der Waals surface area contributed by atoms with Gasteiger partial charge in [-0.1, -0.05) is 26.7 Å². The average molecular weight is 337 g/mol. The van der Waals surface area contributed by atoms with Crippen LogP contribution in [0.1, 0.15) is 54.4 Å².